The van der Waals surface area contributed by atoms with Crippen LogP contribution in [-0.4, -0.2) is 16.9 Å². The van der Waals surface area contributed by atoms with E-state index in [-0.39, 0.29) is 0 Å². The minimum atomic E-state index is 0.389. The zero-order valence-electron chi connectivity index (χ0n) is 11.0. The largest absolute Gasteiger partial charge is 0.307 e. The van der Waals surface area contributed by atoms with Gasteiger partial charge in [0.15, 0.2) is 5.84 Å². The molecule has 1 heterocycles. The molecule has 0 aromatic carbocycles. The van der Waals surface area contributed by atoms with Gasteiger partial charge in [0.05, 0.1) is 6.04 Å². The first-order valence-electron chi connectivity index (χ1n) is 6.77. The number of nitrogens with two attached hydrogens (primary N) is 1. The topological polar surface area (TPSA) is 63.3 Å². The first kappa shape index (κ1) is 13.0. The average molecular weight is 246 g/mol. The third-order valence-electron chi connectivity index (χ3n) is 3.51. The van der Waals surface area contributed by atoms with Gasteiger partial charge in [0, 0.05) is 6.20 Å². The van der Waals surface area contributed by atoms with Crippen molar-refractivity contribution in [1.29, 1.82) is 0 Å². The van der Waals surface area contributed by atoms with E-state index in [0.717, 1.165) is 29.9 Å². The Kier molecular flexibility index (Phi) is 4.70. The molecule has 3 N–H and O–H groups in total. The summed E-state index contributed by atoms with van der Waals surface area (Å²) >= 11 is 0. The van der Waals surface area contributed by atoms with Crippen LogP contribution < -0.4 is 11.3 Å². The fourth-order valence-corrected chi connectivity index (χ4v) is 2.47. The summed E-state index contributed by atoms with van der Waals surface area (Å²) < 4.78 is 0. The molecular formula is C14H22N4. The van der Waals surface area contributed by atoms with Gasteiger partial charge in [-0.25, -0.2) is 5.84 Å². The van der Waals surface area contributed by atoms with Crippen molar-refractivity contribution in [3.63, 3.8) is 0 Å². The van der Waals surface area contributed by atoms with Gasteiger partial charge in [-0.3, -0.25) is 9.98 Å². The number of hydrogen-bond donors (Lipinski definition) is 2. The molecule has 18 heavy (non-hydrogen) atoms. The number of aromatic nitrogens is 1. The summed E-state index contributed by atoms with van der Waals surface area (Å²) in [5.41, 5.74) is 4.68. The molecule has 0 spiro atoms. The summed E-state index contributed by atoms with van der Waals surface area (Å²) in [7, 11) is 0. The maximum absolute atomic E-state index is 5.61. The molecular weight excluding hydrogens is 224 g/mol. The van der Waals surface area contributed by atoms with Gasteiger partial charge in [0.2, 0.25) is 0 Å². The van der Waals surface area contributed by atoms with Crippen LogP contribution >= 0.6 is 0 Å². The zero-order valence-corrected chi connectivity index (χ0v) is 11.0. The lowest BCUT2D eigenvalue weighted by atomic mass is 10.1. The third-order valence-corrected chi connectivity index (χ3v) is 3.51. The van der Waals surface area contributed by atoms with Crippen molar-refractivity contribution in [2.75, 3.05) is 0 Å². The van der Waals surface area contributed by atoms with Gasteiger partial charge < -0.3 is 5.43 Å². The Hall–Kier alpha value is -1.42. The van der Waals surface area contributed by atoms with Gasteiger partial charge in [-0.05, 0) is 31.4 Å². The molecule has 1 fully saturated rings. The van der Waals surface area contributed by atoms with E-state index in [4.69, 9.17) is 10.8 Å². The fraction of sp³-hybridized carbons (Fsp3) is 0.571. The molecule has 4 heteroatoms. The van der Waals surface area contributed by atoms with Crippen LogP contribution in [-0.2, 0) is 0 Å². The van der Waals surface area contributed by atoms with Crippen molar-refractivity contribution >= 4 is 5.84 Å². The lowest BCUT2D eigenvalue weighted by molar-refractivity contribution is 0.583. The molecule has 0 atom stereocenters. The Balaban J connectivity index is 2.19. The standard InChI is InChI=1S/C14H22N4/c1-11-7-6-10-16-13(11)14(18-15)17-12-8-4-2-3-5-9-12/h6-7,10,12H,2-5,8-9,15H2,1H3,(H,17,18). The zero-order chi connectivity index (χ0) is 12.8. The van der Waals surface area contributed by atoms with Crippen LogP contribution in [0.15, 0.2) is 23.3 Å². The Labute approximate surface area is 109 Å². The predicted molar refractivity (Wildman–Crippen MR) is 74.3 cm³/mol. The van der Waals surface area contributed by atoms with Crippen LogP contribution in [0.4, 0.5) is 0 Å². The molecule has 0 radical (unpaired) electrons. The van der Waals surface area contributed by atoms with Crippen molar-refractivity contribution in [3.05, 3.63) is 29.6 Å². The molecule has 0 aliphatic heterocycles. The highest BCUT2D eigenvalue weighted by Crippen LogP contribution is 2.20. The van der Waals surface area contributed by atoms with E-state index >= 15 is 0 Å². The van der Waals surface area contributed by atoms with Crippen molar-refractivity contribution in [2.45, 2.75) is 51.5 Å². The van der Waals surface area contributed by atoms with E-state index in [9.17, 15) is 0 Å². The monoisotopic (exact) mass is 246 g/mol. The Morgan fingerprint density at radius 1 is 1.33 bits per heavy atom. The lowest BCUT2D eigenvalue weighted by Gasteiger charge is -2.13. The Bertz CT molecular complexity index is 406. The number of nitrogens with one attached hydrogen (secondary N) is 1. The average Bonchev–Trinajstić information content (AvgIpc) is 2.65. The quantitative estimate of drug-likeness (QED) is 0.277. The molecule has 1 aliphatic rings. The fourth-order valence-electron chi connectivity index (χ4n) is 2.47. The summed E-state index contributed by atoms with van der Waals surface area (Å²) in [6.45, 7) is 2.03. The number of hydrazine groups is 1. The van der Waals surface area contributed by atoms with Crippen LogP contribution in [0.2, 0.25) is 0 Å². The number of aryl methyl sites for hydroxylation is 1. The highest BCUT2D eigenvalue weighted by molar-refractivity contribution is 5.97. The normalized spacial score (nSPS) is 18.4. The molecule has 0 saturated heterocycles. The second-order valence-corrected chi connectivity index (χ2v) is 4.94. The third kappa shape index (κ3) is 3.29. The minimum Gasteiger partial charge on any atom is -0.307 e. The summed E-state index contributed by atoms with van der Waals surface area (Å²) in [5.74, 6) is 6.33. The lowest BCUT2D eigenvalue weighted by Crippen LogP contribution is -2.33. The van der Waals surface area contributed by atoms with E-state index < -0.39 is 0 Å². The molecule has 1 aromatic rings. The summed E-state index contributed by atoms with van der Waals surface area (Å²) in [5, 5.41) is 0. The molecule has 1 aromatic heterocycles. The summed E-state index contributed by atoms with van der Waals surface area (Å²) in [6, 6.07) is 4.35. The van der Waals surface area contributed by atoms with Crippen LogP contribution in [0.25, 0.3) is 0 Å². The van der Waals surface area contributed by atoms with E-state index in [1.807, 2.05) is 19.1 Å². The van der Waals surface area contributed by atoms with Crippen LogP contribution in [0.1, 0.15) is 49.8 Å². The molecule has 1 aliphatic carbocycles. The minimum absolute atomic E-state index is 0.389. The summed E-state index contributed by atoms with van der Waals surface area (Å²) in [4.78, 5) is 9.13. The maximum Gasteiger partial charge on any atom is 0.162 e. The SMILES string of the molecule is Cc1cccnc1C(=NC1CCCCCC1)NN. The van der Waals surface area contributed by atoms with Crippen LogP contribution in [0, 0.1) is 6.92 Å². The van der Waals surface area contributed by atoms with E-state index in [1.165, 1.54) is 25.7 Å². The van der Waals surface area contributed by atoms with E-state index in [0.29, 0.717) is 6.04 Å². The number of amidine groups is 1. The second-order valence-electron chi connectivity index (χ2n) is 4.94. The number of rotatable bonds is 2. The van der Waals surface area contributed by atoms with Gasteiger partial charge >= 0.3 is 0 Å². The van der Waals surface area contributed by atoms with E-state index in [2.05, 4.69) is 10.4 Å². The van der Waals surface area contributed by atoms with Crippen molar-refractivity contribution < 1.29 is 0 Å². The predicted octanol–water partition coefficient (Wildman–Crippen LogP) is 2.32. The molecule has 98 valence electrons. The number of aliphatic imine (C=N–C) groups is 1. The van der Waals surface area contributed by atoms with Gasteiger partial charge in [-0.1, -0.05) is 31.7 Å². The second kappa shape index (κ2) is 6.50. The molecule has 0 unspecified atom stereocenters. The smallest absolute Gasteiger partial charge is 0.162 e. The molecule has 2 rings (SSSR count). The van der Waals surface area contributed by atoms with Crippen LogP contribution in [0.3, 0.4) is 0 Å². The van der Waals surface area contributed by atoms with Crippen molar-refractivity contribution in [1.82, 2.24) is 10.4 Å². The highest BCUT2D eigenvalue weighted by Gasteiger charge is 2.14. The molecule has 0 amide bonds. The molecule has 1 saturated carbocycles. The highest BCUT2D eigenvalue weighted by atomic mass is 15.3. The Morgan fingerprint density at radius 2 is 2.06 bits per heavy atom. The van der Waals surface area contributed by atoms with Crippen molar-refractivity contribution in [3.8, 4) is 0 Å². The number of pyridine rings is 1. The summed E-state index contributed by atoms with van der Waals surface area (Å²) in [6.07, 6.45) is 9.32. The van der Waals surface area contributed by atoms with Gasteiger partial charge in [-0.15, -0.1) is 0 Å². The van der Waals surface area contributed by atoms with Crippen molar-refractivity contribution in [2.24, 2.45) is 10.8 Å². The van der Waals surface area contributed by atoms with Gasteiger partial charge in [-0.2, -0.15) is 0 Å². The van der Waals surface area contributed by atoms with Gasteiger partial charge in [0.25, 0.3) is 0 Å². The number of nitrogens with zero attached hydrogens (tertiary/aromatic N) is 2. The Morgan fingerprint density at radius 3 is 2.67 bits per heavy atom. The van der Waals surface area contributed by atoms with Gasteiger partial charge in [0.1, 0.15) is 5.69 Å². The maximum atomic E-state index is 5.61. The molecule has 0 bridgehead atoms. The van der Waals surface area contributed by atoms with Crippen LogP contribution in [0.5, 0.6) is 0 Å². The number of hydrogen-bond acceptors (Lipinski definition) is 3. The first-order chi connectivity index (χ1) is 8.81. The first-order valence-corrected chi connectivity index (χ1v) is 6.77. The molecule has 4 nitrogen and oxygen atoms in total. The van der Waals surface area contributed by atoms with E-state index in [1.54, 1.807) is 6.20 Å².